The van der Waals surface area contributed by atoms with Crippen molar-refractivity contribution in [2.75, 3.05) is 0 Å². The van der Waals surface area contributed by atoms with Gasteiger partial charge in [0, 0.05) is 12.3 Å². The van der Waals surface area contributed by atoms with Gasteiger partial charge in [-0.3, -0.25) is 4.79 Å². The molecule has 1 heteroatoms. The molecule has 4 rings (SSSR count). The predicted molar refractivity (Wildman–Crippen MR) is 72.1 cm³/mol. The second-order valence-corrected chi connectivity index (χ2v) is 7.08. The Morgan fingerprint density at radius 2 is 1.94 bits per heavy atom. The lowest BCUT2D eigenvalue weighted by Crippen LogP contribution is -2.45. The molecule has 0 heterocycles. The lowest BCUT2D eigenvalue weighted by Gasteiger charge is -2.47. The van der Waals surface area contributed by atoms with E-state index in [1.165, 1.54) is 51.4 Å². The molecule has 4 aliphatic carbocycles. The largest absolute Gasteiger partial charge is 0.299 e. The maximum absolute atomic E-state index is 12.6. The summed E-state index contributed by atoms with van der Waals surface area (Å²) in [5, 5.41) is 0. The summed E-state index contributed by atoms with van der Waals surface area (Å²) in [7, 11) is 0. The van der Waals surface area contributed by atoms with Crippen LogP contribution in [0.15, 0.2) is 11.6 Å². The Balaban J connectivity index is 1.68. The Morgan fingerprint density at radius 3 is 2.89 bits per heavy atom. The Kier molecular flexibility index (Phi) is 2.63. The van der Waals surface area contributed by atoms with Gasteiger partial charge >= 0.3 is 0 Å². The smallest absolute Gasteiger partial charge is 0.137 e. The van der Waals surface area contributed by atoms with Gasteiger partial charge < -0.3 is 0 Å². The van der Waals surface area contributed by atoms with Crippen LogP contribution in [0.1, 0.15) is 57.8 Å². The Bertz CT molecular complexity index is 394. The number of fused-ring (bicyclic) bond motifs is 5. The van der Waals surface area contributed by atoms with Crippen molar-refractivity contribution in [1.82, 2.24) is 0 Å². The molecule has 0 radical (unpaired) electrons. The fourth-order valence-electron chi connectivity index (χ4n) is 5.64. The third-order valence-electron chi connectivity index (χ3n) is 6.36. The van der Waals surface area contributed by atoms with E-state index < -0.39 is 0 Å². The summed E-state index contributed by atoms with van der Waals surface area (Å²) in [6.07, 6.45) is 14.1. The fraction of sp³-hybridized carbons (Fsp3) is 0.824. The first-order valence-corrected chi connectivity index (χ1v) is 8.06. The van der Waals surface area contributed by atoms with E-state index >= 15 is 0 Å². The van der Waals surface area contributed by atoms with E-state index in [2.05, 4.69) is 6.08 Å². The zero-order chi connectivity index (χ0) is 12.1. The van der Waals surface area contributed by atoms with Crippen LogP contribution < -0.4 is 0 Å². The number of ketones is 1. The minimum Gasteiger partial charge on any atom is -0.299 e. The highest BCUT2D eigenvalue weighted by atomic mass is 16.1. The average molecular weight is 244 g/mol. The number of carbonyl (C=O) groups excluding carboxylic acids is 1. The Hall–Kier alpha value is -0.590. The highest BCUT2D eigenvalue weighted by Crippen LogP contribution is 2.54. The van der Waals surface area contributed by atoms with Crippen LogP contribution in [0.4, 0.5) is 0 Å². The van der Waals surface area contributed by atoms with Crippen molar-refractivity contribution in [2.45, 2.75) is 57.8 Å². The van der Waals surface area contributed by atoms with Crippen LogP contribution >= 0.6 is 0 Å². The van der Waals surface area contributed by atoms with Crippen molar-refractivity contribution in [1.29, 1.82) is 0 Å². The van der Waals surface area contributed by atoms with E-state index in [0.717, 1.165) is 24.2 Å². The molecule has 4 aliphatic rings. The van der Waals surface area contributed by atoms with E-state index in [1.54, 1.807) is 5.57 Å². The summed E-state index contributed by atoms with van der Waals surface area (Å²) in [4.78, 5) is 12.6. The summed E-state index contributed by atoms with van der Waals surface area (Å²) in [6.45, 7) is 0. The molecule has 18 heavy (non-hydrogen) atoms. The van der Waals surface area contributed by atoms with Gasteiger partial charge in [0.1, 0.15) is 5.78 Å². The Labute approximate surface area is 110 Å². The predicted octanol–water partition coefficient (Wildman–Crippen LogP) is 4.13. The average Bonchev–Trinajstić information content (AvgIpc) is 2.86. The fourth-order valence-corrected chi connectivity index (χ4v) is 5.64. The van der Waals surface area contributed by atoms with Crippen molar-refractivity contribution >= 4 is 5.78 Å². The van der Waals surface area contributed by atoms with Crippen LogP contribution in [-0.4, -0.2) is 5.78 Å². The van der Waals surface area contributed by atoms with E-state index in [1.807, 2.05) is 0 Å². The normalized spacial score (nSPS) is 47.0. The van der Waals surface area contributed by atoms with Gasteiger partial charge in [0.15, 0.2) is 0 Å². The molecule has 0 saturated heterocycles. The summed E-state index contributed by atoms with van der Waals surface area (Å²) < 4.78 is 0. The molecule has 5 unspecified atom stereocenters. The van der Waals surface area contributed by atoms with Crippen LogP contribution in [-0.2, 0) is 4.79 Å². The molecule has 5 atom stereocenters. The second kappa shape index (κ2) is 4.21. The number of rotatable bonds is 0. The molecule has 0 amide bonds. The molecule has 0 aromatic rings. The van der Waals surface area contributed by atoms with E-state index in [9.17, 15) is 4.79 Å². The van der Waals surface area contributed by atoms with Crippen molar-refractivity contribution < 1.29 is 4.79 Å². The minimum atomic E-state index is 0.435. The molecule has 1 nitrogen and oxygen atoms in total. The molecule has 0 bridgehead atoms. The third-order valence-corrected chi connectivity index (χ3v) is 6.36. The lowest BCUT2D eigenvalue weighted by molar-refractivity contribution is -0.133. The van der Waals surface area contributed by atoms with Gasteiger partial charge in [-0.15, -0.1) is 0 Å². The summed E-state index contributed by atoms with van der Waals surface area (Å²) in [5.41, 5.74) is 1.66. The monoisotopic (exact) mass is 244 g/mol. The molecule has 3 fully saturated rings. The molecule has 0 N–H and O–H groups in total. The van der Waals surface area contributed by atoms with Crippen molar-refractivity contribution in [3.05, 3.63) is 11.6 Å². The standard InChI is InChI=1S/C17H24O/c18-16-10-12-5-3-7-13(12)15-9-8-11-4-1-2-6-14(11)17(15)16/h8,12-15,17H,1-7,9-10H2. The van der Waals surface area contributed by atoms with Gasteiger partial charge in [-0.1, -0.05) is 24.5 Å². The van der Waals surface area contributed by atoms with Gasteiger partial charge in [-0.25, -0.2) is 0 Å². The molecule has 98 valence electrons. The van der Waals surface area contributed by atoms with Gasteiger partial charge in [0.2, 0.25) is 0 Å². The van der Waals surface area contributed by atoms with Crippen LogP contribution in [0.5, 0.6) is 0 Å². The van der Waals surface area contributed by atoms with Crippen LogP contribution in [0.25, 0.3) is 0 Å². The van der Waals surface area contributed by atoms with Gasteiger partial charge in [-0.2, -0.15) is 0 Å². The molecule has 0 aromatic heterocycles. The van der Waals surface area contributed by atoms with Crippen LogP contribution in [0.2, 0.25) is 0 Å². The van der Waals surface area contributed by atoms with E-state index in [4.69, 9.17) is 0 Å². The maximum atomic E-state index is 12.6. The molecule has 0 aromatic carbocycles. The Morgan fingerprint density at radius 1 is 1.00 bits per heavy atom. The first-order valence-electron chi connectivity index (χ1n) is 8.06. The third kappa shape index (κ3) is 1.55. The van der Waals surface area contributed by atoms with Crippen LogP contribution in [0, 0.1) is 29.6 Å². The minimum absolute atomic E-state index is 0.435. The quantitative estimate of drug-likeness (QED) is 0.586. The SMILES string of the molecule is O=C1CC2CCCC2C2CC=C3CCCCC3C12. The molecular weight excluding hydrogens is 220 g/mol. The summed E-state index contributed by atoms with van der Waals surface area (Å²) in [6, 6.07) is 0. The zero-order valence-corrected chi connectivity index (χ0v) is 11.2. The van der Waals surface area contributed by atoms with Crippen molar-refractivity contribution in [2.24, 2.45) is 29.6 Å². The summed E-state index contributed by atoms with van der Waals surface area (Å²) in [5.74, 6) is 4.12. The first-order chi connectivity index (χ1) is 8.84. The van der Waals surface area contributed by atoms with Crippen molar-refractivity contribution in [3.8, 4) is 0 Å². The zero-order valence-electron chi connectivity index (χ0n) is 11.2. The number of carbonyl (C=O) groups is 1. The molecule has 0 spiro atoms. The van der Waals surface area contributed by atoms with E-state index in [-0.39, 0.29) is 0 Å². The number of allylic oxidation sites excluding steroid dienone is 2. The van der Waals surface area contributed by atoms with Gasteiger partial charge in [-0.05, 0) is 62.2 Å². The van der Waals surface area contributed by atoms with Crippen molar-refractivity contribution in [3.63, 3.8) is 0 Å². The molecule has 0 aliphatic heterocycles. The second-order valence-electron chi connectivity index (χ2n) is 7.08. The molecule has 3 saturated carbocycles. The summed E-state index contributed by atoms with van der Waals surface area (Å²) >= 11 is 0. The van der Waals surface area contributed by atoms with Crippen LogP contribution in [0.3, 0.4) is 0 Å². The topological polar surface area (TPSA) is 17.1 Å². The number of Topliss-reactive ketones (excluding diaryl/α,β-unsaturated/α-hetero) is 1. The maximum Gasteiger partial charge on any atom is 0.137 e. The van der Waals surface area contributed by atoms with Gasteiger partial charge in [0.05, 0.1) is 0 Å². The van der Waals surface area contributed by atoms with Gasteiger partial charge in [0.25, 0.3) is 0 Å². The first kappa shape index (κ1) is 11.3. The van der Waals surface area contributed by atoms with E-state index in [0.29, 0.717) is 17.6 Å². The highest BCUT2D eigenvalue weighted by molar-refractivity contribution is 5.83. The lowest BCUT2D eigenvalue weighted by atomic mass is 9.56. The number of hydrogen-bond acceptors (Lipinski definition) is 1. The number of hydrogen-bond donors (Lipinski definition) is 0. The highest BCUT2D eigenvalue weighted by Gasteiger charge is 2.50. The molecular formula is C17H24O.